The van der Waals surface area contributed by atoms with Gasteiger partial charge in [-0.05, 0) is 18.2 Å². The van der Waals surface area contributed by atoms with Gasteiger partial charge in [0.05, 0.1) is 24.6 Å². The number of benzene rings is 1. The first-order valence-corrected chi connectivity index (χ1v) is 6.00. The molecule has 0 saturated carbocycles. The lowest BCUT2D eigenvalue weighted by molar-refractivity contribution is -0.115. The molecule has 112 valence electrons. The molecule has 0 amide bonds. The van der Waals surface area contributed by atoms with Gasteiger partial charge in [0.15, 0.2) is 0 Å². The summed E-state index contributed by atoms with van der Waals surface area (Å²) < 4.78 is 56.1. The van der Waals surface area contributed by atoms with Crippen molar-refractivity contribution in [2.75, 3.05) is 19.0 Å². The van der Waals surface area contributed by atoms with Crippen molar-refractivity contribution in [1.29, 1.82) is 0 Å². The quantitative estimate of drug-likeness (QED) is 0.870. The van der Waals surface area contributed by atoms with Crippen LogP contribution in [0.1, 0.15) is 0 Å². The van der Waals surface area contributed by atoms with E-state index in [9.17, 15) is 17.6 Å². The molecule has 0 aliphatic heterocycles. The number of rotatable bonds is 4. The molecule has 21 heavy (non-hydrogen) atoms. The Bertz CT molecular complexity index is 629. The molecule has 0 atom stereocenters. The summed E-state index contributed by atoms with van der Waals surface area (Å²) in [5.41, 5.74) is 0.425. The number of halogens is 4. The number of aromatic nitrogens is 1. The maximum atomic E-state index is 14.0. The van der Waals surface area contributed by atoms with Gasteiger partial charge in [-0.3, -0.25) is 4.98 Å². The summed E-state index contributed by atoms with van der Waals surface area (Å²) in [4.78, 5) is 3.76. The van der Waals surface area contributed by atoms with Crippen LogP contribution in [0, 0.1) is 5.82 Å². The molecule has 0 unspecified atom stereocenters. The molecule has 0 bridgehead atoms. The van der Waals surface area contributed by atoms with Crippen molar-refractivity contribution < 1.29 is 22.3 Å². The van der Waals surface area contributed by atoms with Gasteiger partial charge in [-0.25, -0.2) is 4.39 Å². The molecule has 0 spiro atoms. The molecule has 1 aromatic carbocycles. The minimum Gasteiger partial charge on any atom is -0.496 e. The zero-order valence-corrected chi connectivity index (χ0v) is 11.0. The number of ether oxygens (including phenoxy) is 1. The minimum absolute atomic E-state index is 0.0817. The van der Waals surface area contributed by atoms with Crippen LogP contribution in [-0.2, 0) is 0 Å². The van der Waals surface area contributed by atoms with Gasteiger partial charge in [0.25, 0.3) is 0 Å². The third-order valence-electron chi connectivity index (χ3n) is 2.76. The molecule has 1 aromatic heterocycles. The largest absolute Gasteiger partial charge is 0.496 e. The first kappa shape index (κ1) is 15.1. The van der Waals surface area contributed by atoms with Gasteiger partial charge in [-0.2, -0.15) is 13.2 Å². The fraction of sp³-hybridized carbons (Fsp3) is 0.214. The molecule has 1 heterocycles. The third kappa shape index (κ3) is 3.62. The Morgan fingerprint density at radius 3 is 2.67 bits per heavy atom. The van der Waals surface area contributed by atoms with Crippen molar-refractivity contribution in [2.45, 2.75) is 6.18 Å². The summed E-state index contributed by atoms with van der Waals surface area (Å²) in [6.45, 7) is -1.23. The van der Waals surface area contributed by atoms with Gasteiger partial charge in [-0.15, -0.1) is 0 Å². The Balaban J connectivity index is 2.46. The SMILES string of the molecule is COc1cccc(F)c1-c1ccncc1NCC(F)(F)F. The Labute approximate surface area is 118 Å². The summed E-state index contributed by atoms with van der Waals surface area (Å²) in [5.74, 6) is -0.355. The lowest BCUT2D eigenvalue weighted by Crippen LogP contribution is -2.21. The zero-order valence-electron chi connectivity index (χ0n) is 11.0. The fourth-order valence-corrected chi connectivity index (χ4v) is 1.88. The Morgan fingerprint density at radius 1 is 1.24 bits per heavy atom. The predicted octanol–water partition coefficient (Wildman–Crippen LogP) is 3.87. The van der Waals surface area contributed by atoms with Crippen molar-refractivity contribution in [3.05, 3.63) is 42.5 Å². The number of pyridine rings is 1. The number of hydrogen-bond donors (Lipinski definition) is 1. The monoisotopic (exact) mass is 300 g/mol. The molecule has 0 fully saturated rings. The second kappa shape index (κ2) is 5.99. The molecule has 0 saturated heterocycles. The van der Waals surface area contributed by atoms with Crippen LogP contribution in [0.15, 0.2) is 36.7 Å². The van der Waals surface area contributed by atoms with Gasteiger partial charge >= 0.3 is 6.18 Å². The Hall–Kier alpha value is -2.31. The van der Waals surface area contributed by atoms with Crippen LogP contribution in [0.4, 0.5) is 23.2 Å². The van der Waals surface area contributed by atoms with E-state index in [2.05, 4.69) is 10.3 Å². The average Bonchev–Trinajstić information content (AvgIpc) is 2.44. The molecule has 7 heteroatoms. The van der Waals surface area contributed by atoms with Crippen molar-refractivity contribution in [2.24, 2.45) is 0 Å². The molecule has 1 N–H and O–H groups in total. The summed E-state index contributed by atoms with van der Waals surface area (Å²) in [5, 5.41) is 2.22. The third-order valence-corrected chi connectivity index (χ3v) is 2.76. The Morgan fingerprint density at radius 2 is 2.00 bits per heavy atom. The molecule has 3 nitrogen and oxygen atoms in total. The van der Waals surface area contributed by atoms with E-state index in [1.807, 2.05) is 0 Å². The highest BCUT2D eigenvalue weighted by atomic mass is 19.4. The van der Waals surface area contributed by atoms with Crippen LogP contribution in [-0.4, -0.2) is 24.8 Å². The number of anilines is 1. The molecular formula is C14H12F4N2O. The molecule has 0 aliphatic carbocycles. The van der Waals surface area contributed by atoms with E-state index in [4.69, 9.17) is 4.74 Å². The maximum Gasteiger partial charge on any atom is 0.405 e. The number of nitrogens with one attached hydrogen (secondary N) is 1. The van der Waals surface area contributed by atoms with Crippen molar-refractivity contribution in [3.8, 4) is 16.9 Å². The van der Waals surface area contributed by atoms with E-state index in [0.717, 1.165) is 0 Å². The van der Waals surface area contributed by atoms with Gasteiger partial charge in [0.2, 0.25) is 0 Å². The predicted molar refractivity (Wildman–Crippen MR) is 70.7 cm³/mol. The van der Waals surface area contributed by atoms with Crippen LogP contribution >= 0.6 is 0 Å². The van der Waals surface area contributed by atoms with E-state index >= 15 is 0 Å². The number of alkyl halides is 3. The highest BCUT2D eigenvalue weighted by molar-refractivity contribution is 5.81. The molecule has 0 aliphatic rings. The van der Waals surface area contributed by atoms with E-state index in [-0.39, 0.29) is 22.6 Å². The second-order valence-electron chi connectivity index (χ2n) is 4.21. The first-order chi connectivity index (χ1) is 9.92. The standard InChI is InChI=1S/C14H12F4N2O/c1-21-12-4-2-3-10(15)13(12)9-5-6-19-7-11(9)20-8-14(16,17)18/h2-7,20H,8H2,1H3. The van der Waals surface area contributed by atoms with Crippen LogP contribution < -0.4 is 10.1 Å². The number of nitrogens with zero attached hydrogens (tertiary/aromatic N) is 1. The highest BCUT2D eigenvalue weighted by Gasteiger charge is 2.27. The zero-order chi connectivity index (χ0) is 15.5. The van der Waals surface area contributed by atoms with E-state index in [1.165, 1.54) is 43.8 Å². The van der Waals surface area contributed by atoms with Crippen LogP contribution in [0.3, 0.4) is 0 Å². The van der Waals surface area contributed by atoms with Gasteiger partial charge in [0.1, 0.15) is 18.1 Å². The van der Waals surface area contributed by atoms with E-state index < -0.39 is 18.5 Å². The van der Waals surface area contributed by atoms with Crippen molar-refractivity contribution >= 4 is 5.69 Å². The normalized spacial score (nSPS) is 11.3. The average molecular weight is 300 g/mol. The second-order valence-corrected chi connectivity index (χ2v) is 4.21. The van der Waals surface area contributed by atoms with E-state index in [1.54, 1.807) is 0 Å². The Kier molecular flexibility index (Phi) is 4.30. The molecule has 2 aromatic rings. The fourth-order valence-electron chi connectivity index (χ4n) is 1.88. The summed E-state index contributed by atoms with van der Waals surface area (Å²) in [6.07, 6.45) is -1.79. The number of methoxy groups -OCH3 is 1. The minimum atomic E-state index is -4.38. The molecule has 2 rings (SSSR count). The summed E-state index contributed by atoms with van der Waals surface area (Å²) in [7, 11) is 1.36. The lowest BCUT2D eigenvalue weighted by Gasteiger charge is -2.15. The highest BCUT2D eigenvalue weighted by Crippen LogP contribution is 2.36. The molecular weight excluding hydrogens is 288 g/mol. The first-order valence-electron chi connectivity index (χ1n) is 6.00. The smallest absolute Gasteiger partial charge is 0.405 e. The topological polar surface area (TPSA) is 34.1 Å². The van der Waals surface area contributed by atoms with Crippen molar-refractivity contribution in [3.63, 3.8) is 0 Å². The van der Waals surface area contributed by atoms with Crippen molar-refractivity contribution in [1.82, 2.24) is 4.98 Å². The van der Waals surface area contributed by atoms with Crippen LogP contribution in [0.5, 0.6) is 5.75 Å². The summed E-state index contributed by atoms with van der Waals surface area (Å²) >= 11 is 0. The van der Waals surface area contributed by atoms with Crippen LogP contribution in [0.25, 0.3) is 11.1 Å². The molecule has 0 radical (unpaired) electrons. The van der Waals surface area contributed by atoms with E-state index in [0.29, 0.717) is 0 Å². The summed E-state index contributed by atoms with van der Waals surface area (Å²) in [6, 6.07) is 5.64. The maximum absolute atomic E-state index is 14.0. The van der Waals surface area contributed by atoms with Crippen LogP contribution in [0.2, 0.25) is 0 Å². The van der Waals surface area contributed by atoms with Gasteiger partial charge in [-0.1, -0.05) is 6.07 Å². The number of hydrogen-bond acceptors (Lipinski definition) is 3. The van der Waals surface area contributed by atoms with Gasteiger partial charge in [0, 0.05) is 11.8 Å². The lowest BCUT2D eigenvalue weighted by atomic mass is 10.0. The van der Waals surface area contributed by atoms with Gasteiger partial charge < -0.3 is 10.1 Å².